The van der Waals surface area contributed by atoms with Gasteiger partial charge in [0.1, 0.15) is 13.2 Å². The van der Waals surface area contributed by atoms with Gasteiger partial charge in [0.2, 0.25) is 0 Å². The monoisotopic (exact) mass is 475 g/mol. The van der Waals surface area contributed by atoms with Gasteiger partial charge in [-0.05, 0) is 55.4 Å². The lowest BCUT2D eigenvalue weighted by atomic mass is 10.1. The Kier molecular flexibility index (Phi) is 7.82. The lowest BCUT2D eigenvalue weighted by Crippen LogP contribution is -2.35. The number of amides is 2. The molecule has 168 valence electrons. The summed E-state index contributed by atoms with van der Waals surface area (Å²) in [4.78, 5) is 37.8. The molecule has 0 N–H and O–H groups in total. The van der Waals surface area contributed by atoms with Gasteiger partial charge in [0.25, 0.3) is 11.1 Å². The topological polar surface area (TPSA) is 82.1 Å². The van der Waals surface area contributed by atoms with Crippen LogP contribution in [0.25, 0.3) is 6.08 Å². The predicted octanol–water partition coefficient (Wildman–Crippen LogP) is 4.92. The summed E-state index contributed by atoms with van der Waals surface area (Å²) in [5.74, 6) is -0.210. The van der Waals surface area contributed by atoms with Crippen LogP contribution in [0.15, 0.2) is 47.4 Å². The summed E-state index contributed by atoms with van der Waals surface area (Å²) in [6.45, 7) is 3.20. The summed E-state index contributed by atoms with van der Waals surface area (Å²) < 4.78 is 16.3. The largest absolute Gasteiger partial charge is 0.493 e. The molecule has 3 rings (SSSR count). The number of esters is 1. The second-order valence-electron chi connectivity index (χ2n) is 7.10. The number of hydrogen-bond acceptors (Lipinski definition) is 7. The molecule has 2 aromatic rings. The first-order chi connectivity index (χ1) is 15.3. The fraction of sp³-hybridized carbons (Fsp3) is 0.261. The van der Waals surface area contributed by atoms with E-state index in [1.54, 1.807) is 44.2 Å². The number of imide groups is 1. The maximum Gasteiger partial charge on any atom is 0.326 e. The third kappa shape index (κ3) is 5.83. The Morgan fingerprint density at radius 3 is 2.59 bits per heavy atom. The van der Waals surface area contributed by atoms with E-state index in [2.05, 4.69) is 0 Å². The first-order valence-corrected chi connectivity index (χ1v) is 11.0. The van der Waals surface area contributed by atoms with Gasteiger partial charge < -0.3 is 14.2 Å². The van der Waals surface area contributed by atoms with E-state index >= 15 is 0 Å². The van der Waals surface area contributed by atoms with E-state index in [0.29, 0.717) is 22.1 Å². The van der Waals surface area contributed by atoms with Crippen molar-refractivity contribution in [2.24, 2.45) is 0 Å². The van der Waals surface area contributed by atoms with Crippen molar-refractivity contribution in [1.29, 1.82) is 0 Å². The Hall–Kier alpha value is -2.97. The summed E-state index contributed by atoms with van der Waals surface area (Å²) in [5, 5.41) is 0.0675. The van der Waals surface area contributed by atoms with Gasteiger partial charge in [-0.3, -0.25) is 19.3 Å². The molecule has 0 aromatic heterocycles. The molecule has 0 radical (unpaired) electrons. The van der Waals surface area contributed by atoms with Gasteiger partial charge in [-0.15, -0.1) is 0 Å². The minimum atomic E-state index is -0.636. The molecule has 0 bridgehead atoms. The molecule has 2 aromatic carbocycles. The predicted molar refractivity (Wildman–Crippen MR) is 123 cm³/mol. The Balaban J connectivity index is 1.77. The zero-order chi connectivity index (χ0) is 23.3. The quantitative estimate of drug-likeness (QED) is 0.396. The number of methoxy groups -OCH3 is 1. The number of nitrogens with zero attached hydrogens (tertiary/aromatic N) is 1. The van der Waals surface area contributed by atoms with E-state index in [9.17, 15) is 14.4 Å². The van der Waals surface area contributed by atoms with Crippen LogP contribution >= 0.6 is 23.4 Å². The molecule has 1 heterocycles. The molecule has 0 saturated carbocycles. The van der Waals surface area contributed by atoms with Crippen LogP contribution in [0.2, 0.25) is 5.02 Å². The van der Waals surface area contributed by atoms with Crippen molar-refractivity contribution in [3.8, 4) is 11.5 Å². The van der Waals surface area contributed by atoms with Gasteiger partial charge in [0, 0.05) is 10.6 Å². The fourth-order valence-corrected chi connectivity index (χ4v) is 3.91. The standard InChI is InChI=1S/C23H22ClNO6S/c1-14(2)31-21(26)12-25-22(27)20(32-23(25)28)11-15-8-9-18(29-3)19(10-15)30-13-16-6-4-5-7-17(16)24/h4-11,14H,12-13H2,1-3H3/b20-11-. The van der Waals surface area contributed by atoms with Gasteiger partial charge in [-0.1, -0.05) is 35.9 Å². The van der Waals surface area contributed by atoms with E-state index in [1.807, 2.05) is 18.2 Å². The van der Waals surface area contributed by atoms with Crippen molar-refractivity contribution in [1.82, 2.24) is 4.90 Å². The van der Waals surface area contributed by atoms with E-state index in [4.69, 9.17) is 25.8 Å². The number of carbonyl (C=O) groups excluding carboxylic acids is 3. The Morgan fingerprint density at radius 2 is 1.91 bits per heavy atom. The summed E-state index contributed by atoms with van der Waals surface area (Å²) >= 11 is 6.95. The molecule has 0 unspecified atom stereocenters. The van der Waals surface area contributed by atoms with Gasteiger partial charge in [0.15, 0.2) is 11.5 Å². The third-order valence-electron chi connectivity index (χ3n) is 4.35. The average molecular weight is 476 g/mol. The third-order valence-corrected chi connectivity index (χ3v) is 5.63. The van der Waals surface area contributed by atoms with Crippen LogP contribution in [0.3, 0.4) is 0 Å². The highest BCUT2D eigenvalue weighted by molar-refractivity contribution is 8.18. The van der Waals surface area contributed by atoms with Gasteiger partial charge in [-0.2, -0.15) is 0 Å². The smallest absolute Gasteiger partial charge is 0.326 e. The first kappa shape index (κ1) is 23.7. The molecule has 0 spiro atoms. The van der Waals surface area contributed by atoms with Crippen LogP contribution < -0.4 is 9.47 Å². The summed E-state index contributed by atoms with van der Waals surface area (Å²) in [7, 11) is 1.53. The minimum Gasteiger partial charge on any atom is -0.493 e. The number of carbonyl (C=O) groups is 3. The normalized spacial score (nSPS) is 14.9. The van der Waals surface area contributed by atoms with Crippen LogP contribution in [-0.4, -0.2) is 41.8 Å². The number of rotatable bonds is 8. The summed E-state index contributed by atoms with van der Waals surface area (Å²) in [6.07, 6.45) is 1.24. The van der Waals surface area contributed by atoms with Crippen LogP contribution in [0, 0.1) is 0 Å². The van der Waals surface area contributed by atoms with Crippen LogP contribution in [0.5, 0.6) is 11.5 Å². The molecule has 1 aliphatic heterocycles. The summed E-state index contributed by atoms with van der Waals surface area (Å²) in [6, 6.07) is 12.5. The average Bonchev–Trinajstić information content (AvgIpc) is 3.00. The van der Waals surface area contributed by atoms with Crippen LogP contribution in [-0.2, 0) is 20.9 Å². The van der Waals surface area contributed by atoms with E-state index in [-0.39, 0.29) is 17.6 Å². The van der Waals surface area contributed by atoms with E-state index in [1.165, 1.54) is 7.11 Å². The molecule has 1 fully saturated rings. The van der Waals surface area contributed by atoms with Crippen molar-refractivity contribution in [3.05, 3.63) is 63.5 Å². The zero-order valence-electron chi connectivity index (χ0n) is 17.8. The summed E-state index contributed by atoms with van der Waals surface area (Å²) in [5.41, 5.74) is 1.45. The van der Waals surface area contributed by atoms with Gasteiger partial charge in [0.05, 0.1) is 18.1 Å². The number of ether oxygens (including phenoxy) is 3. The van der Waals surface area contributed by atoms with E-state index < -0.39 is 23.7 Å². The second-order valence-corrected chi connectivity index (χ2v) is 8.50. The van der Waals surface area contributed by atoms with Gasteiger partial charge >= 0.3 is 5.97 Å². The Labute approximate surface area is 195 Å². The van der Waals surface area contributed by atoms with Crippen molar-refractivity contribution < 1.29 is 28.6 Å². The molecule has 7 nitrogen and oxygen atoms in total. The molecule has 1 saturated heterocycles. The van der Waals surface area contributed by atoms with E-state index in [0.717, 1.165) is 22.2 Å². The molecule has 0 aliphatic carbocycles. The highest BCUT2D eigenvalue weighted by Crippen LogP contribution is 2.35. The number of halogens is 1. The lowest BCUT2D eigenvalue weighted by molar-refractivity contribution is -0.149. The van der Waals surface area contributed by atoms with Crippen molar-refractivity contribution in [2.45, 2.75) is 26.6 Å². The van der Waals surface area contributed by atoms with Crippen molar-refractivity contribution in [3.63, 3.8) is 0 Å². The number of thioether (sulfide) groups is 1. The van der Waals surface area contributed by atoms with Crippen LogP contribution in [0.1, 0.15) is 25.0 Å². The van der Waals surface area contributed by atoms with Crippen LogP contribution in [0.4, 0.5) is 4.79 Å². The molecule has 9 heteroatoms. The maximum atomic E-state index is 12.6. The second kappa shape index (κ2) is 10.6. The molecular formula is C23H22ClNO6S. The molecule has 1 aliphatic rings. The number of hydrogen-bond donors (Lipinski definition) is 0. The lowest BCUT2D eigenvalue weighted by Gasteiger charge is -2.13. The SMILES string of the molecule is COc1ccc(/C=C2\SC(=O)N(CC(=O)OC(C)C)C2=O)cc1OCc1ccccc1Cl. The fourth-order valence-electron chi connectivity index (χ4n) is 2.88. The Morgan fingerprint density at radius 1 is 1.16 bits per heavy atom. The molecule has 2 amide bonds. The molecule has 32 heavy (non-hydrogen) atoms. The highest BCUT2D eigenvalue weighted by atomic mass is 35.5. The van der Waals surface area contributed by atoms with Crippen molar-refractivity contribution >= 4 is 46.6 Å². The zero-order valence-corrected chi connectivity index (χ0v) is 19.4. The van der Waals surface area contributed by atoms with Gasteiger partial charge in [-0.25, -0.2) is 0 Å². The maximum absolute atomic E-state index is 12.6. The number of benzene rings is 2. The van der Waals surface area contributed by atoms with Crippen molar-refractivity contribution in [2.75, 3.05) is 13.7 Å². The highest BCUT2D eigenvalue weighted by Gasteiger charge is 2.36. The Bertz CT molecular complexity index is 1070. The molecule has 0 atom stereocenters. The minimum absolute atomic E-state index is 0.203. The molecular weight excluding hydrogens is 454 g/mol. The first-order valence-electron chi connectivity index (χ1n) is 9.77.